The number of hydrogen-bond donors (Lipinski definition) is 1. The maximum atomic E-state index is 13.1. The highest BCUT2D eigenvalue weighted by Crippen LogP contribution is 2.32. The lowest BCUT2D eigenvalue weighted by molar-refractivity contribution is -0.138. The zero-order valence-corrected chi connectivity index (χ0v) is 15.5. The number of nitrogens with zero attached hydrogens (tertiary/aromatic N) is 2. The quantitative estimate of drug-likeness (QED) is 0.590. The van der Waals surface area contributed by atoms with Gasteiger partial charge in [-0.2, -0.15) is 18.2 Å². The number of rotatable bonds is 6. The lowest BCUT2D eigenvalue weighted by atomic mass is 10.0. The van der Waals surface area contributed by atoms with Crippen LogP contribution in [0.1, 0.15) is 17.0 Å². The van der Waals surface area contributed by atoms with Crippen LogP contribution in [0.25, 0.3) is 11.4 Å². The molecule has 10 heteroatoms. The molecule has 0 unspecified atom stereocenters. The van der Waals surface area contributed by atoms with Crippen LogP contribution in [0.5, 0.6) is 0 Å². The Morgan fingerprint density at radius 1 is 1.14 bits per heavy atom. The molecule has 3 aromatic rings. The Hall–Kier alpha value is -2.94. The van der Waals surface area contributed by atoms with Crippen molar-refractivity contribution in [2.45, 2.75) is 19.0 Å². The van der Waals surface area contributed by atoms with Gasteiger partial charge in [0.1, 0.15) is 5.82 Å². The van der Waals surface area contributed by atoms with Gasteiger partial charge in [0.25, 0.3) is 0 Å². The second kappa shape index (κ2) is 8.60. The Balaban J connectivity index is 1.55. The van der Waals surface area contributed by atoms with Gasteiger partial charge in [0.2, 0.25) is 17.6 Å². The molecule has 0 saturated heterocycles. The summed E-state index contributed by atoms with van der Waals surface area (Å²) in [6, 6.07) is 9.01. The molecule has 0 aliphatic rings. The number of benzene rings is 2. The minimum absolute atomic E-state index is 0.0869. The van der Waals surface area contributed by atoms with Gasteiger partial charge in [-0.3, -0.25) is 4.79 Å². The molecule has 0 bridgehead atoms. The van der Waals surface area contributed by atoms with E-state index in [2.05, 4.69) is 15.5 Å². The van der Waals surface area contributed by atoms with Gasteiger partial charge >= 0.3 is 6.18 Å². The van der Waals surface area contributed by atoms with Crippen LogP contribution in [0.15, 0.2) is 47.0 Å². The summed E-state index contributed by atoms with van der Waals surface area (Å²) in [6.07, 6.45) is -5.09. The van der Waals surface area contributed by atoms with E-state index in [1.165, 1.54) is 0 Å². The number of carbonyl (C=O) groups excluding carboxylic acids is 1. The normalized spacial score (nSPS) is 11.5. The number of halogens is 5. The molecular weight excluding hydrogens is 414 g/mol. The average Bonchev–Trinajstić information content (AvgIpc) is 3.12. The Labute approximate surface area is 167 Å². The summed E-state index contributed by atoms with van der Waals surface area (Å²) in [6.45, 7) is 0.0869. The highest BCUT2D eigenvalue weighted by Gasteiger charge is 2.34. The van der Waals surface area contributed by atoms with Crippen molar-refractivity contribution in [3.05, 3.63) is 70.3 Å². The SMILES string of the molecule is O=C(Cc1ccc(F)cc1C(F)(F)F)NCCc1nc(-c2ccc(Cl)cc2)no1. The van der Waals surface area contributed by atoms with Gasteiger partial charge in [0, 0.05) is 23.6 Å². The molecule has 5 nitrogen and oxygen atoms in total. The molecule has 29 heavy (non-hydrogen) atoms. The zero-order chi connectivity index (χ0) is 21.0. The van der Waals surface area contributed by atoms with E-state index in [1.54, 1.807) is 24.3 Å². The molecule has 0 radical (unpaired) electrons. The summed E-state index contributed by atoms with van der Waals surface area (Å²) in [5.74, 6) is -1.05. The van der Waals surface area contributed by atoms with Crippen LogP contribution in [-0.4, -0.2) is 22.6 Å². The molecule has 152 valence electrons. The van der Waals surface area contributed by atoms with E-state index in [4.69, 9.17) is 16.1 Å². The summed E-state index contributed by atoms with van der Waals surface area (Å²) >= 11 is 5.82. The molecule has 0 spiro atoms. The van der Waals surface area contributed by atoms with Crippen molar-refractivity contribution < 1.29 is 26.9 Å². The van der Waals surface area contributed by atoms with Gasteiger partial charge in [0.15, 0.2) is 0 Å². The third kappa shape index (κ3) is 5.54. The minimum Gasteiger partial charge on any atom is -0.355 e. The van der Waals surface area contributed by atoms with E-state index in [0.717, 1.165) is 12.1 Å². The average molecular weight is 428 g/mol. The van der Waals surface area contributed by atoms with Crippen LogP contribution in [0.3, 0.4) is 0 Å². The van der Waals surface area contributed by atoms with Crippen molar-refractivity contribution in [1.29, 1.82) is 0 Å². The van der Waals surface area contributed by atoms with Gasteiger partial charge in [0.05, 0.1) is 12.0 Å². The number of amides is 1. The first-order valence-electron chi connectivity index (χ1n) is 8.43. The van der Waals surface area contributed by atoms with Gasteiger partial charge < -0.3 is 9.84 Å². The maximum absolute atomic E-state index is 13.1. The first-order valence-corrected chi connectivity index (χ1v) is 8.81. The van der Waals surface area contributed by atoms with Crippen LogP contribution in [0.2, 0.25) is 5.02 Å². The van der Waals surface area contributed by atoms with Crippen LogP contribution >= 0.6 is 11.6 Å². The molecule has 0 atom stereocenters. The van der Waals surface area contributed by atoms with Crippen molar-refractivity contribution >= 4 is 17.5 Å². The number of nitrogens with one attached hydrogen (secondary N) is 1. The summed E-state index contributed by atoms with van der Waals surface area (Å²) in [4.78, 5) is 16.2. The lowest BCUT2D eigenvalue weighted by Crippen LogP contribution is -2.28. The minimum atomic E-state index is -4.75. The van der Waals surface area contributed by atoms with Crippen molar-refractivity contribution in [2.24, 2.45) is 0 Å². The fraction of sp³-hybridized carbons (Fsp3) is 0.211. The van der Waals surface area contributed by atoms with Crippen LogP contribution in [-0.2, 0) is 23.8 Å². The molecule has 2 aromatic carbocycles. The van der Waals surface area contributed by atoms with E-state index in [9.17, 15) is 22.4 Å². The monoisotopic (exact) mass is 427 g/mol. The van der Waals surface area contributed by atoms with Crippen molar-refractivity contribution in [3.8, 4) is 11.4 Å². The van der Waals surface area contributed by atoms with Gasteiger partial charge in [-0.1, -0.05) is 22.8 Å². The summed E-state index contributed by atoms with van der Waals surface area (Å²) in [5, 5.41) is 6.88. The first kappa shape index (κ1) is 20.8. The van der Waals surface area contributed by atoms with Crippen molar-refractivity contribution in [3.63, 3.8) is 0 Å². The lowest BCUT2D eigenvalue weighted by Gasteiger charge is -2.12. The summed E-state index contributed by atoms with van der Waals surface area (Å²) < 4.78 is 57.2. The second-order valence-corrected chi connectivity index (χ2v) is 6.53. The number of hydrogen-bond acceptors (Lipinski definition) is 4. The predicted molar refractivity (Wildman–Crippen MR) is 96.6 cm³/mol. The predicted octanol–water partition coefficient (Wildman–Crippen LogP) is 4.45. The van der Waals surface area contributed by atoms with Gasteiger partial charge in [-0.25, -0.2) is 4.39 Å². The molecule has 0 fully saturated rings. The van der Waals surface area contributed by atoms with Crippen LogP contribution in [0, 0.1) is 5.82 Å². The maximum Gasteiger partial charge on any atom is 0.416 e. The van der Waals surface area contributed by atoms with E-state index >= 15 is 0 Å². The number of carbonyl (C=O) groups is 1. The third-order valence-electron chi connectivity index (χ3n) is 3.96. The smallest absolute Gasteiger partial charge is 0.355 e. The fourth-order valence-electron chi connectivity index (χ4n) is 2.58. The van der Waals surface area contributed by atoms with E-state index < -0.39 is 29.9 Å². The molecule has 3 rings (SSSR count). The van der Waals surface area contributed by atoms with Crippen LogP contribution in [0.4, 0.5) is 17.6 Å². The Kier molecular flexibility index (Phi) is 6.17. The van der Waals surface area contributed by atoms with Crippen molar-refractivity contribution in [2.75, 3.05) is 6.54 Å². The van der Waals surface area contributed by atoms with Gasteiger partial charge in [-0.05, 0) is 42.0 Å². The third-order valence-corrected chi connectivity index (χ3v) is 4.21. The Morgan fingerprint density at radius 3 is 2.55 bits per heavy atom. The zero-order valence-electron chi connectivity index (χ0n) is 14.8. The molecule has 1 aromatic heterocycles. The first-order chi connectivity index (χ1) is 13.7. The van der Waals surface area contributed by atoms with E-state index in [0.29, 0.717) is 22.5 Å². The highest BCUT2D eigenvalue weighted by atomic mass is 35.5. The van der Waals surface area contributed by atoms with E-state index in [-0.39, 0.29) is 24.4 Å². The standard InChI is InChI=1S/C19H14ClF4N3O2/c20-13-4-1-11(2-5-13)18-26-17(29-27-18)7-8-25-16(28)9-12-3-6-14(21)10-15(12)19(22,23)24/h1-6,10H,7-9H2,(H,25,28). The summed E-state index contributed by atoms with van der Waals surface area (Å²) in [7, 11) is 0. The van der Waals surface area contributed by atoms with Crippen LogP contribution < -0.4 is 5.32 Å². The van der Waals surface area contributed by atoms with Gasteiger partial charge in [-0.15, -0.1) is 0 Å². The molecule has 0 saturated carbocycles. The molecule has 0 aliphatic heterocycles. The fourth-order valence-corrected chi connectivity index (χ4v) is 2.71. The molecular formula is C19H14ClF4N3O2. The molecule has 1 heterocycles. The number of alkyl halides is 3. The second-order valence-electron chi connectivity index (χ2n) is 6.09. The highest BCUT2D eigenvalue weighted by molar-refractivity contribution is 6.30. The number of aromatic nitrogens is 2. The molecule has 1 N–H and O–H groups in total. The largest absolute Gasteiger partial charge is 0.416 e. The molecule has 1 amide bonds. The van der Waals surface area contributed by atoms with E-state index in [1.807, 2.05) is 0 Å². The van der Waals surface area contributed by atoms with Crippen molar-refractivity contribution in [1.82, 2.24) is 15.5 Å². The Bertz CT molecular complexity index is 1000. The topological polar surface area (TPSA) is 68.0 Å². The molecule has 0 aliphatic carbocycles. The summed E-state index contributed by atoms with van der Waals surface area (Å²) in [5.41, 5.74) is -0.777. The Morgan fingerprint density at radius 2 is 1.86 bits per heavy atom.